The van der Waals surface area contributed by atoms with Crippen LogP contribution in [0.15, 0.2) is 73.4 Å². The highest BCUT2D eigenvalue weighted by Gasteiger charge is 2.58. The minimum atomic E-state index is 0.346. The summed E-state index contributed by atoms with van der Waals surface area (Å²) in [7, 11) is 0. The quantitative estimate of drug-likeness (QED) is 0.139. The molecule has 0 heteroatoms. The van der Waals surface area contributed by atoms with Crippen molar-refractivity contribution < 1.29 is 0 Å². The average molecular weight is 725 g/mol. The molecule has 0 aromatic carbocycles. The summed E-state index contributed by atoms with van der Waals surface area (Å²) in [5.41, 5.74) is 8.22. The maximum atomic E-state index is 4.11. The van der Waals surface area contributed by atoms with Crippen LogP contribution in [0.2, 0.25) is 0 Å². The molecular formula is C52H100. The summed E-state index contributed by atoms with van der Waals surface area (Å²) in [6.45, 7) is 70.3. The maximum Gasteiger partial charge on any atom is -0.0155 e. The summed E-state index contributed by atoms with van der Waals surface area (Å²) >= 11 is 0. The molecule has 308 valence electrons. The van der Waals surface area contributed by atoms with E-state index in [0.717, 1.165) is 23.3 Å². The lowest BCUT2D eigenvalue weighted by Gasteiger charge is -2.36. The summed E-state index contributed by atoms with van der Waals surface area (Å²) in [5.74, 6) is 4.80. The zero-order valence-corrected chi connectivity index (χ0v) is 40.1. The highest BCUT2D eigenvalue weighted by molar-refractivity contribution is 5.24. The van der Waals surface area contributed by atoms with Crippen LogP contribution in [0.1, 0.15) is 203 Å². The third-order valence-corrected chi connectivity index (χ3v) is 10.8. The van der Waals surface area contributed by atoms with Crippen molar-refractivity contribution in [3.8, 4) is 0 Å². The van der Waals surface area contributed by atoms with Crippen LogP contribution in [0.4, 0.5) is 0 Å². The van der Waals surface area contributed by atoms with Crippen molar-refractivity contribution in [3.05, 3.63) is 73.4 Å². The van der Waals surface area contributed by atoms with Crippen molar-refractivity contribution in [2.24, 2.45) is 57.2 Å². The lowest BCUT2D eigenvalue weighted by Crippen LogP contribution is -2.26. The van der Waals surface area contributed by atoms with Gasteiger partial charge in [0.2, 0.25) is 0 Å². The van der Waals surface area contributed by atoms with Crippen LogP contribution in [0.25, 0.3) is 0 Å². The maximum absolute atomic E-state index is 4.11. The topological polar surface area (TPSA) is 0 Å². The smallest absolute Gasteiger partial charge is 0.0155 e. The van der Waals surface area contributed by atoms with E-state index in [1.807, 2.05) is 20.8 Å². The lowest BCUT2D eigenvalue weighted by atomic mass is 9.69. The van der Waals surface area contributed by atoms with Gasteiger partial charge in [-0.05, 0) is 111 Å². The first-order valence-corrected chi connectivity index (χ1v) is 21.3. The van der Waals surface area contributed by atoms with Crippen molar-refractivity contribution in [1.82, 2.24) is 0 Å². The van der Waals surface area contributed by atoms with E-state index in [0.29, 0.717) is 39.4 Å². The molecule has 2 aliphatic rings. The normalized spacial score (nSPS) is 19.0. The third-order valence-electron chi connectivity index (χ3n) is 10.8. The molecule has 0 spiro atoms. The first kappa shape index (κ1) is 57.2. The van der Waals surface area contributed by atoms with Crippen LogP contribution in [0.3, 0.4) is 0 Å². The molecule has 0 amide bonds. The second kappa shape index (κ2) is 27.1. The van der Waals surface area contributed by atoms with E-state index in [1.54, 1.807) is 6.08 Å². The van der Waals surface area contributed by atoms with Crippen LogP contribution in [0.5, 0.6) is 0 Å². The van der Waals surface area contributed by atoms with Crippen molar-refractivity contribution >= 4 is 0 Å². The van der Waals surface area contributed by atoms with E-state index >= 15 is 0 Å². The Morgan fingerprint density at radius 2 is 1.23 bits per heavy atom. The molecule has 0 nitrogen and oxygen atoms in total. The van der Waals surface area contributed by atoms with Gasteiger partial charge in [0, 0.05) is 0 Å². The van der Waals surface area contributed by atoms with Gasteiger partial charge >= 0.3 is 0 Å². The van der Waals surface area contributed by atoms with Crippen LogP contribution < -0.4 is 0 Å². The van der Waals surface area contributed by atoms with Gasteiger partial charge in [0.1, 0.15) is 0 Å². The van der Waals surface area contributed by atoms with Gasteiger partial charge in [-0.2, -0.15) is 0 Å². The highest BCUT2D eigenvalue weighted by Crippen LogP contribution is 2.64. The Bertz CT molecular complexity index is 1020. The molecule has 0 heterocycles. The van der Waals surface area contributed by atoms with Crippen molar-refractivity contribution in [3.63, 3.8) is 0 Å². The van der Waals surface area contributed by atoms with Gasteiger partial charge in [-0.3, -0.25) is 0 Å². The van der Waals surface area contributed by atoms with E-state index in [-0.39, 0.29) is 0 Å². The van der Waals surface area contributed by atoms with Gasteiger partial charge in [-0.1, -0.05) is 217 Å². The summed E-state index contributed by atoms with van der Waals surface area (Å²) in [5, 5.41) is 0. The van der Waals surface area contributed by atoms with E-state index in [9.17, 15) is 0 Å². The van der Waals surface area contributed by atoms with Gasteiger partial charge < -0.3 is 0 Å². The molecule has 5 unspecified atom stereocenters. The van der Waals surface area contributed by atoms with Crippen molar-refractivity contribution in [1.29, 1.82) is 0 Å². The van der Waals surface area contributed by atoms with Gasteiger partial charge in [-0.25, -0.2) is 0 Å². The Morgan fingerprint density at radius 1 is 0.788 bits per heavy atom. The molecule has 2 aliphatic carbocycles. The second-order valence-corrected chi connectivity index (χ2v) is 20.4. The van der Waals surface area contributed by atoms with E-state index in [1.165, 1.54) is 80.1 Å². The molecule has 0 radical (unpaired) electrons. The summed E-state index contributed by atoms with van der Waals surface area (Å²) in [6, 6.07) is 0. The molecule has 5 atom stereocenters. The van der Waals surface area contributed by atoms with Crippen LogP contribution >= 0.6 is 0 Å². The fourth-order valence-corrected chi connectivity index (χ4v) is 7.68. The van der Waals surface area contributed by atoms with E-state index < -0.39 is 0 Å². The number of rotatable bonds is 12. The Balaban J connectivity index is -0.000000284. The highest BCUT2D eigenvalue weighted by atomic mass is 14.6. The SMILES string of the molecule is C=C(C)C(=C)C(C)CC1CCC1.C=C(C)C(C)C1C(CC)C1(C)C.C=C(C)C(CC(C)(C)C)C(C)(C)C.C=C(CCC)CC(C)(C)C.C=CC.CC. The van der Waals surface area contributed by atoms with Crippen molar-refractivity contribution in [2.75, 3.05) is 0 Å². The monoisotopic (exact) mass is 725 g/mol. The summed E-state index contributed by atoms with van der Waals surface area (Å²) in [6.07, 6.45) is 13.5. The van der Waals surface area contributed by atoms with Gasteiger partial charge in [0.15, 0.2) is 0 Å². The molecular weight excluding hydrogens is 625 g/mol. The molecule has 0 bridgehead atoms. The van der Waals surface area contributed by atoms with Gasteiger partial charge in [-0.15, -0.1) is 6.58 Å². The Morgan fingerprint density at radius 3 is 1.44 bits per heavy atom. The summed E-state index contributed by atoms with van der Waals surface area (Å²) in [4.78, 5) is 0. The lowest BCUT2D eigenvalue weighted by molar-refractivity contribution is 0.197. The van der Waals surface area contributed by atoms with E-state index in [2.05, 4.69) is 164 Å². The number of allylic oxidation sites excluding steroid dienone is 6. The summed E-state index contributed by atoms with van der Waals surface area (Å²) < 4.78 is 0. The molecule has 0 saturated heterocycles. The number of hydrogen-bond donors (Lipinski definition) is 0. The second-order valence-electron chi connectivity index (χ2n) is 20.4. The predicted octanol–water partition coefficient (Wildman–Crippen LogP) is 18.5. The molecule has 0 aromatic heterocycles. The molecule has 52 heavy (non-hydrogen) atoms. The molecule has 0 N–H and O–H groups in total. The first-order valence-electron chi connectivity index (χ1n) is 21.3. The zero-order chi connectivity index (χ0) is 42.4. The Kier molecular flexibility index (Phi) is 29.8. The molecule has 0 aromatic rings. The third kappa shape index (κ3) is 27.1. The minimum absolute atomic E-state index is 0.346. The van der Waals surface area contributed by atoms with Gasteiger partial charge in [0.25, 0.3) is 0 Å². The van der Waals surface area contributed by atoms with Crippen LogP contribution in [-0.4, -0.2) is 0 Å². The number of hydrogen-bond acceptors (Lipinski definition) is 0. The Labute approximate surface area is 332 Å². The Hall–Kier alpha value is -1.56. The molecule has 2 saturated carbocycles. The van der Waals surface area contributed by atoms with Gasteiger partial charge in [0.05, 0.1) is 0 Å². The average Bonchev–Trinajstić information content (AvgIpc) is 3.53. The molecule has 2 fully saturated rings. The van der Waals surface area contributed by atoms with Crippen LogP contribution in [-0.2, 0) is 0 Å². The van der Waals surface area contributed by atoms with E-state index in [4.69, 9.17) is 0 Å². The first-order chi connectivity index (χ1) is 23.4. The fraction of sp³-hybridized carbons (Fsp3) is 0.769. The standard InChI is InChI=1S/C13H26.C12H22.C12H20.C10H20.C3H6.C2H6/c1-10(2)11(13(6,7)8)9-12(3,4)5;1-7-10-11(12(10,5)6)9(4)8(2)3;1-9(2)11(4)10(3)8-12-6-5-7-12;1-6-7-9(2)8-10(3,4)5;1-3-2;1-2/h11H,1,9H2,2-8H3;9-11H,2,7H2,1,3-6H3;10,12H,1,4-8H2,2-3H3;2,6-8H2,1,3-5H3;3H,1H2,2H3;1-2H3. The molecule has 2 rings (SSSR count). The molecule has 0 aliphatic heterocycles. The fourth-order valence-electron chi connectivity index (χ4n) is 7.68. The minimum Gasteiger partial charge on any atom is -0.103 e. The van der Waals surface area contributed by atoms with Crippen LogP contribution in [0, 0.1) is 57.2 Å². The predicted molar refractivity (Wildman–Crippen MR) is 247 cm³/mol. The zero-order valence-electron chi connectivity index (χ0n) is 40.1. The largest absolute Gasteiger partial charge is 0.103 e. The van der Waals surface area contributed by atoms with Crippen molar-refractivity contribution in [2.45, 2.75) is 203 Å².